The average molecular weight is 205 g/mol. The lowest BCUT2D eigenvalue weighted by atomic mass is 9.81. The molecule has 2 heteroatoms. The van der Waals surface area contributed by atoms with E-state index >= 15 is 0 Å². The molecule has 1 aromatic carbocycles. The van der Waals surface area contributed by atoms with E-state index in [0.717, 1.165) is 18.5 Å². The van der Waals surface area contributed by atoms with Gasteiger partial charge in [-0.25, -0.2) is 0 Å². The zero-order valence-corrected chi connectivity index (χ0v) is 9.67. The number of aliphatic hydroxyl groups is 1. The van der Waals surface area contributed by atoms with Crippen LogP contribution in [0.1, 0.15) is 32.3 Å². The fourth-order valence-electron chi connectivity index (χ4n) is 2.35. The molecule has 1 aromatic rings. The minimum absolute atomic E-state index is 0.0140. The predicted octanol–water partition coefficient (Wildman–Crippen LogP) is 2.53. The van der Waals surface area contributed by atoms with Gasteiger partial charge in [-0.2, -0.15) is 0 Å². The van der Waals surface area contributed by atoms with Gasteiger partial charge >= 0.3 is 0 Å². The molecular weight excluding hydrogens is 186 g/mol. The molecular formula is C13H19NO. The second-order valence-corrected chi connectivity index (χ2v) is 4.97. The lowest BCUT2D eigenvalue weighted by Crippen LogP contribution is -2.35. The summed E-state index contributed by atoms with van der Waals surface area (Å²) in [6, 6.07) is 8.35. The van der Waals surface area contributed by atoms with E-state index in [2.05, 4.69) is 17.4 Å². The number of hydrogen-bond donors (Lipinski definition) is 2. The molecule has 0 heterocycles. The molecule has 1 saturated carbocycles. The Labute approximate surface area is 91.3 Å². The van der Waals surface area contributed by atoms with Crippen LogP contribution in [0.2, 0.25) is 0 Å². The molecule has 0 aromatic heterocycles. The highest BCUT2D eigenvalue weighted by Crippen LogP contribution is 2.55. The molecule has 0 amide bonds. The van der Waals surface area contributed by atoms with E-state index in [0.29, 0.717) is 0 Å². The van der Waals surface area contributed by atoms with Crippen molar-refractivity contribution in [2.75, 3.05) is 12.4 Å². The molecule has 2 N–H and O–H groups in total. The van der Waals surface area contributed by atoms with Crippen LogP contribution in [0.5, 0.6) is 0 Å². The third kappa shape index (κ3) is 1.63. The fourth-order valence-corrected chi connectivity index (χ4v) is 2.35. The van der Waals surface area contributed by atoms with Crippen molar-refractivity contribution in [1.82, 2.24) is 0 Å². The SMILES string of the molecule is CNc1cccc(C2(C(C)(C)O)CC2)c1. The van der Waals surface area contributed by atoms with E-state index in [9.17, 15) is 5.11 Å². The Morgan fingerprint density at radius 1 is 1.33 bits per heavy atom. The number of rotatable bonds is 3. The molecule has 0 aliphatic heterocycles. The Hall–Kier alpha value is -1.02. The first-order valence-corrected chi connectivity index (χ1v) is 5.50. The van der Waals surface area contributed by atoms with Gasteiger partial charge in [-0.1, -0.05) is 12.1 Å². The van der Waals surface area contributed by atoms with E-state index in [1.807, 2.05) is 33.0 Å². The third-order valence-electron chi connectivity index (χ3n) is 3.62. The molecule has 1 aliphatic carbocycles. The van der Waals surface area contributed by atoms with Crippen LogP contribution in [0, 0.1) is 0 Å². The average Bonchev–Trinajstić information content (AvgIpc) is 2.97. The van der Waals surface area contributed by atoms with E-state index in [1.165, 1.54) is 5.56 Å². The van der Waals surface area contributed by atoms with Gasteiger partial charge in [-0.3, -0.25) is 0 Å². The van der Waals surface area contributed by atoms with Crippen molar-refractivity contribution >= 4 is 5.69 Å². The van der Waals surface area contributed by atoms with E-state index in [1.54, 1.807) is 0 Å². The minimum Gasteiger partial charge on any atom is -0.390 e. The molecule has 0 bridgehead atoms. The summed E-state index contributed by atoms with van der Waals surface area (Å²) in [5.74, 6) is 0. The van der Waals surface area contributed by atoms with Crippen LogP contribution in [0.3, 0.4) is 0 Å². The summed E-state index contributed by atoms with van der Waals surface area (Å²) in [6.45, 7) is 3.82. The van der Waals surface area contributed by atoms with Crippen molar-refractivity contribution in [2.45, 2.75) is 37.7 Å². The van der Waals surface area contributed by atoms with Crippen molar-refractivity contribution < 1.29 is 5.11 Å². The number of benzene rings is 1. The lowest BCUT2D eigenvalue weighted by molar-refractivity contribution is 0.0381. The summed E-state index contributed by atoms with van der Waals surface area (Å²) in [7, 11) is 1.92. The quantitative estimate of drug-likeness (QED) is 0.794. The second-order valence-electron chi connectivity index (χ2n) is 4.97. The van der Waals surface area contributed by atoms with Gasteiger partial charge in [0.2, 0.25) is 0 Å². The van der Waals surface area contributed by atoms with Crippen LogP contribution in [0.15, 0.2) is 24.3 Å². The third-order valence-corrected chi connectivity index (χ3v) is 3.62. The molecule has 2 nitrogen and oxygen atoms in total. The summed E-state index contributed by atoms with van der Waals surface area (Å²) in [6.07, 6.45) is 2.17. The van der Waals surface area contributed by atoms with E-state index < -0.39 is 5.60 Å². The van der Waals surface area contributed by atoms with Gasteiger partial charge in [-0.15, -0.1) is 0 Å². The lowest BCUT2D eigenvalue weighted by Gasteiger charge is -2.30. The van der Waals surface area contributed by atoms with Crippen LogP contribution in [-0.4, -0.2) is 17.8 Å². The smallest absolute Gasteiger partial charge is 0.0687 e. The van der Waals surface area contributed by atoms with Crippen molar-refractivity contribution in [3.05, 3.63) is 29.8 Å². The topological polar surface area (TPSA) is 32.3 Å². The Balaban J connectivity index is 2.38. The molecule has 0 saturated heterocycles. The van der Waals surface area contributed by atoms with Gasteiger partial charge < -0.3 is 10.4 Å². The minimum atomic E-state index is -0.626. The molecule has 0 unspecified atom stereocenters. The molecule has 0 spiro atoms. The highest BCUT2D eigenvalue weighted by molar-refractivity contribution is 5.49. The maximum absolute atomic E-state index is 10.2. The highest BCUT2D eigenvalue weighted by Gasteiger charge is 2.54. The Bertz CT molecular complexity index is 361. The summed E-state index contributed by atoms with van der Waals surface area (Å²) in [4.78, 5) is 0. The van der Waals surface area contributed by atoms with Crippen molar-refractivity contribution in [3.8, 4) is 0 Å². The standard InChI is InChI=1S/C13H19NO/c1-12(2,15)13(7-8-13)10-5-4-6-11(9-10)14-3/h4-6,9,14-15H,7-8H2,1-3H3. The summed E-state index contributed by atoms with van der Waals surface area (Å²) in [5.41, 5.74) is 1.73. The largest absolute Gasteiger partial charge is 0.390 e. The monoisotopic (exact) mass is 205 g/mol. The van der Waals surface area contributed by atoms with Crippen LogP contribution < -0.4 is 5.32 Å². The summed E-state index contributed by atoms with van der Waals surface area (Å²) < 4.78 is 0. The number of nitrogens with one attached hydrogen (secondary N) is 1. The van der Waals surface area contributed by atoms with Crippen molar-refractivity contribution in [2.24, 2.45) is 0 Å². The summed E-state index contributed by atoms with van der Waals surface area (Å²) >= 11 is 0. The first kappa shape index (κ1) is 10.5. The van der Waals surface area contributed by atoms with E-state index in [4.69, 9.17) is 0 Å². The van der Waals surface area contributed by atoms with Gasteiger partial charge in [0.05, 0.1) is 5.60 Å². The normalized spacial score (nSPS) is 18.7. The highest BCUT2D eigenvalue weighted by atomic mass is 16.3. The molecule has 1 fully saturated rings. The van der Waals surface area contributed by atoms with Crippen LogP contribution in [0.25, 0.3) is 0 Å². The van der Waals surface area contributed by atoms with Gasteiger partial charge in [0.15, 0.2) is 0 Å². The zero-order valence-electron chi connectivity index (χ0n) is 9.67. The summed E-state index contributed by atoms with van der Waals surface area (Å²) in [5, 5.41) is 13.3. The predicted molar refractivity (Wildman–Crippen MR) is 63.2 cm³/mol. The molecule has 15 heavy (non-hydrogen) atoms. The van der Waals surface area contributed by atoms with E-state index in [-0.39, 0.29) is 5.41 Å². The molecule has 82 valence electrons. The number of anilines is 1. The molecule has 0 atom stereocenters. The molecule has 2 rings (SSSR count). The van der Waals surface area contributed by atoms with Crippen molar-refractivity contribution in [3.63, 3.8) is 0 Å². The van der Waals surface area contributed by atoms with Crippen LogP contribution in [-0.2, 0) is 5.41 Å². The fraction of sp³-hybridized carbons (Fsp3) is 0.538. The van der Waals surface area contributed by atoms with Gasteiger partial charge in [-0.05, 0) is 44.4 Å². The Morgan fingerprint density at radius 2 is 2.00 bits per heavy atom. The first-order chi connectivity index (χ1) is 6.99. The maximum atomic E-state index is 10.2. The number of hydrogen-bond acceptors (Lipinski definition) is 2. The molecule has 1 aliphatic rings. The molecule has 0 radical (unpaired) electrons. The van der Waals surface area contributed by atoms with Gasteiger partial charge in [0, 0.05) is 18.2 Å². The maximum Gasteiger partial charge on any atom is 0.0687 e. The van der Waals surface area contributed by atoms with Crippen molar-refractivity contribution in [1.29, 1.82) is 0 Å². The van der Waals surface area contributed by atoms with Crippen LogP contribution in [0.4, 0.5) is 5.69 Å². The Kier molecular flexibility index (Phi) is 2.27. The van der Waals surface area contributed by atoms with Gasteiger partial charge in [0.1, 0.15) is 0 Å². The van der Waals surface area contributed by atoms with Gasteiger partial charge in [0.25, 0.3) is 0 Å². The first-order valence-electron chi connectivity index (χ1n) is 5.50. The second kappa shape index (κ2) is 3.24. The Morgan fingerprint density at radius 3 is 2.47 bits per heavy atom. The van der Waals surface area contributed by atoms with Crippen LogP contribution >= 0.6 is 0 Å². The zero-order chi connectivity index (χ0) is 11.1.